The van der Waals surface area contributed by atoms with Gasteiger partial charge in [-0.2, -0.15) is 0 Å². The first-order valence-electron chi connectivity index (χ1n) is 6.79. The molecule has 0 aliphatic rings. The number of alkyl halides is 2. The molecule has 0 amide bonds. The van der Waals surface area contributed by atoms with Crippen LogP contribution >= 0.6 is 0 Å². The van der Waals surface area contributed by atoms with E-state index in [0.717, 1.165) is 12.8 Å². The molecule has 0 bridgehead atoms. The van der Waals surface area contributed by atoms with Crippen molar-refractivity contribution in [3.63, 3.8) is 0 Å². The summed E-state index contributed by atoms with van der Waals surface area (Å²) in [4.78, 5) is 11.6. The van der Waals surface area contributed by atoms with Crippen molar-refractivity contribution in [2.24, 2.45) is 0 Å². The highest BCUT2D eigenvalue weighted by Crippen LogP contribution is 2.25. The zero-order chi connectivity index (χ0) is 15.7. The van der Waals surface area contributed by atoms with Crippen LogP contribution in [0.5, 0.6) is 11.5 Å². The molecule has 0 atom stereocenters. The topological polar surface area (TPSA) is 44.8 Å². The van der Waals surface area contributed by atoms with Gasteiger partial charge in [0.05, 0.1) is 19.3 Å². The molecule has 0 N–H and O–H groups in total. The molecule has 0 spiro atoms. The maximum Gasteiger partial charge on any atom is 0.338 e. The first-order valence-corrected chi connectivity index (χ1v) is 6.79. The fourth-order valence-corrected chi connectivity index (χ4v) is 1.59. The van der Waals surface area contributed by atoms with Gasteiger partial charge in [-0.25, -0.2) is 13.6 Å². The molecule has 4 nitrogen and oxygen atoms in total. The van der Waals surface area contributed by atoms with E-state index in [1.807, 2.05) is 6.92 Å². The van der Waals surface area contributed by atoms with Crippen LogP contribution in [0, 0.1) is 0 Å². The molecule has 0 saturated heterocycles. The number of halogens is 2. The van der Waals surface area contributed by atoms with Crippen LogP contribution in [0.1, 0.15) is 30.1 Å². The summed E-state index contributed by atoms with van der Waals surface area (Å²) in [6.45, 7) is 0.599. The predicted molar refractivity (Wildman–Crippen MR) is 74.6 cm³/mol. The van der Waals surface area contributed by atoms with Crippen LogP contribution in [-0.2, 0) is 4.74 Å². The molecule has 6 heteroatoms. The normalized spacial score (nSPS) is 10.5. The van der Waals surface area contributed by atoms with E-state index >= 15 is 0 Å². The quantitative estimate of drug-likeness (QED) is 0.518. The summed E-state index contributed by atoms with van der Waals surface area (Å²) in [5.41, 5.74) is 0.206. The summed E-state index contributed by atoms with van der Waals surface area (Å²) in [7, 11) is 1.25. The van der Waals surface area contributed by atoms with E-state index in [1.54, 1.807) is 0 Å². The highest BCUT2D eigenvalue weighted by Gasteiger charge is 2.14. The minimum absolute atomic E-state index is 0.171. The van der Waals surface area contributed by atoms with Crippen LogP contribution in [0.2, 0.25) is 0 Å². The number of hydrogen-bond acceptors (Lipinski definition) is 4. The number of carbonyl (C=O) groups is 1. The van der Waals surface area contributed by atoms with E-state index in [1.165, 1.54) is 25.3 Å². The van der Waals surface area contributed by atoms with Crippen molar-refractivity contribution in [1.29, 1.82) is 0 Å². The molecule has 0 aliphatic heterocycles. The predicted octanol–water partition coefficient (Wildman–Crippen LogP) is 3.34. The zero-order valence-electron chi connectivity index (χ0n) is 12.2. The summed E-state index contributed by atoms with van der Waals surface area (Å²) in [5, 5.41) is 0. The van der Waals surface area contributed by atoms with Crippen molar-refractivity contribution in [3.05, 3.63) is 23.8 Å². The maximum absolute atomic E-state index is 12.5. The van der Waals surface area contributed by atoms with Crippen LogP contribution in [0.25, 0.3) is 0 Å². The van der Waals surface area contributed by atoms with Crippen molar-refractivity contribution in [2.45, 2.75) is 25.9 Å². The van der Waals surface area contributed by atoms with E-state index in [4.69, 9.17) is 9.47 Å². The smallest absolute Gasteiger partial charge is 0.338 e. The average Bonchev–Trinajstić information content (AvgIpc) is 2.51. The fourth-order valence-electron chi connectivity index (χ4n) is 1.59. The number of hydrogen-bond donors (Lipinski definition) is 0. The summed E-state index contributed by atoms with van der Waals surface area (Å²) in [6, 6.07) is 4.38. The monoisotopic (exact) mass is 302 g/mol. The van der Waals surface area contributed by atoms with Crippen molar-refractivity contribution in [2.75, 3.05) is 27.1 Å². The van der Waals surface area contributed by atoms with Gasteiger partial charge in [-0.05, 0) is 18.6 Å². The number of unbranched alkanes of at least 4 members (excludes halogenated alkanes) is 1. The van der Waals surface area contributed by atoms with Crippen molar-refractivity contribution >= 4 is 5.97 Å². The van der Waals surface area contributed by atoms with Crippen LogP contribution < -0.4 is 9.47 Å². The van der Waals surface area contributed by atoms with E-state index in [9.17, 15) is 13.6 Å². The van der Waals surface area contributed by atoms with Gasteiger partial charge < -0.3 is 14.2 Å². The second-order valence-corrected chi connectivity index (χ2v) is 4.44. The lowest BCUT2D eigenvalue weighted by atomic mass is 10.2. The van der Waals surface area contributed by atoms with Gasteiger partial charge in [0.2, 0.25) is 0 Å². The van der Waals surface area contributed by atoms with Crippen molar-refractivity contribution in [3.8, 4) is 11.5 Å². The molecule has 0 aromatic heterocycles. The Kier molecular flexibility index (Phi) is 7.50. The summed E-state index contributed by atoms with van der Waals surface area (Å²) in [5.74, 6) is 0.000327. The first kappa shape index (κ1) is 17.2. The molecule has 0 aliphatic carbocycles. The Balaban J connectivity index is 2.94. The minimum atomic E-state index is -1.19. The Labute approximate surface area is 123 Å². The van der Waals surface area contributed by atoms with Gasteiger partial charge in [0.25, 0.3) is 0 Å². The van der Waals surface area contributed by atoms with Gasteiger partial charge in [-0.1, -0.05) is 13.3 Å². The third kappa shape index (κ3) is 5.57. The third-order valence-corrected chi connectivity index (χ3v) is 2.71. The summed E-state index contributed by atoms with van der Waals surface area (Å²) >= 11 is 0. The van der Waals surface area contributed by atoms with Gasteiger partial charge in [0.1, 0.15) is 24.8 Å². The van der Waals surface area contributed by atoms with Crippen LogP contribution in [0.15, 0.2) is 18.2 Å². The maximum atomic E-state index is 12.5. The molecule has 0 fully saturated rings. The molecule has 1 rings (SSSR count). The fraction of sp³-hybridized carbons (Fsp3) is 0.533. The van der Waals surface area contributed by atoms with E-state index in [-0.39, 0.29) is 11.3 Å². The number of ether oxygens (including phenoxy) is 3. The van der Waals surface area contributed by atoms with Crippen LogP contribution in [-0.4, -0.2) is 39.1 Å². The molecule has 0 unspecified atom stereocenters. The molecular weight excluding hydrogens is 282 g/mol. The zero-order valence-corrected chi connectivity index (χ0v) is 12.2. The van der Waals surface area contributed by atoms with E-state index in [0.29, 0.717) is 12.4 Å². The Morgan fingerprint density at radius 2 is 1.86 bits per heavy atom. The molecule has 0 saturated carbocycles. The summed E-state index contributed by atoms with van der Waals surface area (Å²) in [6.07, 6.45) is 0.628. The Morgan fingerprint density at radius 3 is 2.43 bits per heavy atom. The number of esters is 1. The Bertz CT molecular complexity index is 447. The van der Waals surface area contributed by atoms with Gasteiger partial charge in [0, 0.05) is 6.07 Å². The molecular formula is C15H20F2O4. The lowest BCUT2D eigenvalue weighted by Crippen LogP contribution is -2.21. The number of benzene rings is 1. The van der Waals surface area contributed by atoms with Crippen molar-refractivity contribution < 1.29 is 27.8 Å². The Morgan fingerprint density at radius 1 is 1.19 bits per heavy atom. The van der Waals surface area contributed by atoms with Crippen LogP contribution in [0.3, 0.4) is 0 Å². The SMILES string of the molecule is CCCCOc1cc(OC(CF)CF)cc(C(=O)OC)c1. The lowest BCUT2D eigenvalue weighted by molar-refractivity contribution is 0.0599. The standard InChI is InChI=1S/C15H20F2O4/c1-3-4-5-20-12-6-11(15(18)19-2)7-13(8-12)21-14(9-16)10-17/h6-8,14H,3-5,9-10H2,1-2H3. The Hall–Kier alpha value is -1.85. The number of rotatable bonds is 9. The van der Waals surface area contributed by atoms with Gasteiger partial charge >= 0.3 is 5.97 Å². The van der Waals surface area contributed by atoms with Gasteiger partial charge in [-0.3, -0.25) is 0 Å². The molecule has 118 valence electrons. The van der Waals surface area contributed by atoms with Crippen LogP contribution in [0.4, 0.5) is 8.78 Å². The molecule has 1 aromatic rings. The second-order valence-electron chi connectivity index (χ2n) is 4.44. The molecule has 1 aromatic carbocycles. The highest BCUT2D eigenvalue weighted by atomic mass is 19.1. The largest absolute Gasteiger partial charge is 0.493 e. The minimum Gasteiger partial charge on any atom is -0.493 e. The van der Waals surface area contributed by atoms with E-state index < -0.39 is 25.4 Å². The van der Waals surface area contributed by atoms with Gasteiger partial charge in [0.15, 0.2) is 6.10 Å². The molecule has 0 radical (unpaired) electrons. The van der Waals surface area contributed by atoms with E-state index in [2.05, 4.69) is 4.74 Å². The highest BCUT2D eigenvalue weighted by molar-refractivity contribution is 5.90. The third-order valence-electron chi connectivity index (χ3n) is 2.71. The summed E-state index contributed by atoms with van der Waals surface area (Å²) < 4.78 is 40.3. The lowest BCUT2D eigenvalue weighted by Gasteiger charge is -2.15. The second kappa shape index (κ2) is 9.15. The van der Waals surface area contributed by atoms with Gasteiger partial charge in [-0.15, -0.1) is 0 Å². The molecule has 21 heavy (non-hydrogen) atoms. The first-order chi connectivity index (χ1) is 10.1. The number of methoxy groups -OCH3 is 1. The number of carbonyl (C=O) groups excluding carboxylic acids is 1. The van der Waals surface area contributed by atoms with Crippen molar-refractivity contribution in [1.82, 2.24) is 0 Å². The average molecular weight is 302 g/mol. The molecule has 0 heterocycles.